The number of nitrogens with one attached hydrogen (secondary N) is 1. The van der Waals surface area contributed by atoms with E-state index in [1.807, 2.05) is 6.07 Å². The van der Waals surface area contributed by atoms with E-state index in [-0.39, 0.29) is 17.4 Å². The van der Waals surface area contributed by atoms with Crippen molar-refractivity contribution in [3.8, 4) is 0 Å². The van der Waals surface area contributed by atoms with Crippen LogP contribution in [0.4, 0.5) is 5.82 Å². The molecule has 6 heteroatoms. The van der Waals surface area contributed by atoms with E-state index in [0.717, 1.165) is 30.9 Å². The van der Waals surface area contributed by atoms with Gasteiger partial charge in [-0.25, -0.2) is 18.4 Å². The Morgan fingerprint density at radius 2 is 2.14 bits per heavy atom. The smallest absolute Gasteiger partial charge is 0.151 e. The summed E-state index contributed by atoms with van der Waals surface area (Å²) in [5, 5.41) is 3.29. The Morgan fingerprint density at radius 1 is 1.38 bits per heavy atom. The van der Waals surface area contributed by atoms with Crippen molar-refractivity contribution in [2.75, 3.05) is 23.4 Å². The molecule has 0 bridgehead atoms. The number of nitrogens with zero attached hydrogens (tertiary/aromatic N) is 2. The standard InChI is InChI=1S/C15H25N3O2S/c1-4-6-16-14-9-13(8-11(2)3)17-15(18-14)12-5-7-21(19,20)10-12/h9,11-12H,4-8,10H2,1-3H3,(H,16,17,18). The molecule has 1 aliphatic heterocycles. The lowest BCUT2D eigenvalue weighted by Gasteiger charge is -2.13. The predicted octanol–water partition coefficient (Wildman–Crippen LogP) is 2.40. The first-order valence-corrected chi connectivity index (χ1v) is 9.54. The van der Waals surface area contributed by atoms with E-state index in [2.05, 4.69) is 36.1 Å². The van der Waals surface area contributed by atoms with Crippen molar-refractivity contribution >= 4 is 15.7 Å². The molecule has 1 aromatic heterocycles. The minimum atomic E-state index is -2.91. The molecule has 5 nitrogen and oxygen atoms in total. The zero-order valence-corrected chi connectivity index (χ0v) is 13.9. The summed E-state index contributed by atoms with van der Waals surface area (Å²) in [5.74, 6) is 2.41. The van der Waals surface area contributed by atoms with Crippen LogP contribution in [0.15, 0.2) is 6.07 Å². The number of rotatable bonds is 6. The summed E-state index contributed by atoms with van der Waals surface area (Å²) in [6, 6.07) is 1.99. The zero-order valence-electron chi connectivity index (χ0n) is 13.1. The number of hydrogen-bond acceptors (Lipinski definition) is 5. The van der Waals surface area contributed by atoms with Crippen LogP contribution in [-0.4, -0.2) is 36.4 Å². The Balaban J connectivity index is 2.26. The van der Waals surface area contributed by atoms with E-state index in [0.29, 0.717) is 18.2 Å². The summed E-state index contributed by atoms with van der Waals surface area (Å²) in [6.07, 6.45) is 2.55. The summed E-state index contributed by atoms with van der Waals surface area (Å²) in [4.78, 5) is 9.15. The van der Waals surface area contributed by atoms with Crippen molar-refractivity contribution in [1.82, 2.24) is 9.97 Å². The number of anilines is 1. The fourth-order valence-corrected chi connectivity index (χ4v) is 4.30. The van der Waals surface area contributed by atoms with E-state index in [4.69, 9.17) is 0 Å². The zero-order chi connectivity index (χ0) is 15.5. The molecule has 0 aromatic carbocycles. The predicted molar refractivity (Wildman–Crippen MR) is 85.4 cm³/mol. The Morgan fingerprint density at radius 3 is 2.71 bits per heavy atom. The highest BCUT2D eigenvalue weighted by Gasteiger charge is 2.31. The van der Waals surface area contributed by atoms with Crippen LogP contribution in [0, 0.1) is 5.92 Å². The van der Waals surface area contributed by atoms with Crippen LogP contribution in [0.5, 0.6) is 0 Å². The lowest BCUT2D eigenvalue weighted by atomic mass is 10.1. The molecule has 1 saturated heterocycles. The number of hydrogen-bond donors (Lipinski definition) is 1. The molecule has 0 amide bonds. The Bertz CT molecular complexity index is 585. The lowest BCUT2D eigenvalue weighted by molar-refractivity contribution is 0.600. The molecule has 0 spiro atoms. The molecule has 2 rings (SSSR count). The fraction of sp³-hybridized carbons (Fsp3) is 0.733. The molecule has 1 aromatic rings. The molecule has 0 saturated carbocycles. The van der Waals surface area contributed by atoms with Crippen LogP contribution in [0.1, 0.15) is 51.0 Å². The summed E-state index contributed by atoms with van der Waals surface area (Å²) in [5.41, 5.74) is 0.998. The highest BCUT2D eigenvalue weighted by Crippen LogP contribution is 2.27. The second kappa shape index (κ2) is 6.73. The van der Waals surface area contributed by atoms with Crippen molar-refractivity contribution in [3.63, 3.8) is 0 Å². The number of aromatic nitrogens is 2. The third-order valence-electron chi connectivity index (χ3n) is 3.57. The second-order valence-electron chi connectivity index (χ2n) is 6.23. The lowest BCUT2D eigenvalue weighted by Crippen LogP contribution is -2.12. The largest absolute Gasteiger partial charge is 0.370 e. The molecule has 2 heterocycles. The minimum Gasteiger partial charge on any atom is -0.370 e. The van der Waals surface area contributed by atoms with E-state index in [1.165, 1.54) is 0 Å². The van der Waals surface area contributed by atoms with Crippen LogP contribution in [-0.2, 0) is 16.3 Å². The van der Waals surface area contributed by atoms with Crippen LogP contribution in [0.3, 0.4) is 0 Å². The molecular weight excluding hydrogens is 286 g/mol. The normalized spacial score (nSPS) is 20.9. The van der Waals surface area contributed by atoms with Crippen LogP contribution in [0.25, 0.3) is 0 Å². The SMILES string of the molecule is CCCNc1cc(CC(C)C)nc(C2CCS(=O)(=O)C2)n1. The third-order valence-corrected chi connectivity index (χ3v) is 5.34. The first-order chi connectivity index (χ1) is 9.89. The second-order valence-corrected chi connectivity index (χ2v) is 8.46. The van der Waals surface area contributed by atoms with E-state index in [1.54, 1.807) is 0 Å². The van der Waals surface area contributed by atoms with Gasteiger partial charge in [0.15, 0.2) is 9.84 Å². The number of sulfone groups is 1. The van der Waals surface area contributed by atoms with Crippen LogP contribution < -0.4 is 5.32 Å². The Labute approximate surface area is 127 Å². The van der Waals surface area contributed by atoms with Gasteiger partial charge in [-0.3, -0.25) is 0 Å². The minimum absolute atomic E-state index is 0.0516. The van der Waals surface area contributed by atoms with Crippen molar-refractivity contribution in [3.05, 3.63) is 17.6 Å². The van der Waals surface area contributed by atoms with Gasteiger partial charge < -0.3 is 5.32 Å². The van der Waals surface area contributed by atoms with Gasteiger partial charge in [-0.15, -0.1) is 0 Å². The van der Waals surface area contributed by atoms with Gasteiger partial charge in [0.2, 0.25) is 0 Å². The summed E-state index contributed by atoms with van der Waals surface area (Å²) < 4.78 is 23.3. The average molecular weight is 311 g/mol. The van der Waals surface area contributed by atoms with Crippen LogP contribution >= 0.6 is 0 Å². The van der Waals surface area contributed by atoms with Gasteiger partial charge in [0.1, 0.15) is 11.6 Å². The fourth-order valence-electron chi connectivity index (χ4n) is 2.57. The third kappa shape index (κ3) is 4.66. The quantitative estimate of drug-likeness (QED) is 0.873. The van der Waals surface area contributed by atoms with E-state index < -0.39 is 9.84 Å². The van der Waals surface area contributed by atoms with Crippen LogP contribution in [0.2, 0.25) is 0 Å². The highest BCUT2D eigenvalue weighted by atomic mass is 32.2. The summed E-state index contributed by atoms with van der Waals surface area (Å²) >= 11 is 0. The molecule has 118 valence electrons. The average Bonchev–Trinajstić information content (AvgIpc) is 2.76. The topological polar surface area (TPSA) is 72.0 Å². The summed E-state index contributed by atoms with van der Waals surface area (Å²) in [6.45, 7) is 7.27. The van der Waals surface area contributed by atoms with Gasteiger partial charge in [0.25, 0.3) is 0 Å². The van der Waals surface area contributed by atoms with Gasteiger partial charge in [-0.2, -0.15) is 0 Å². The maximum absolute atomic E-state index is 11.7. The summed E-state index contributed by atoms with van der Waals surface area (Å²) in [7, 11) is -2.91. The molecule has 1 N–H and O–H groups in total. The van der Waals surface area contributed by atoms with Crippen molar-refractivity contribution in [1.29, 1.82) is 0 Å². The van der Waals surface area contributed by atoms with E-state index in [9.17, 15) is 8.42 Å². The molecule has 1 fully saturated rings. The Kier molecular flexibility index (Phi) is 5.19. The highest BCUT2D eigenvalue weighted by molar-refractivity contribution is 7.91. The van der Waals surface area contributed by atoms with Gasteiger partial charge in [0, 0.05) is 24.2 Å². The first-order valence-electron chi connectivity index (χ1n) is 7.71. The maximum atomic E-state index is 11.7. The maximum Gasteiger partial charge on any atom is 0.151 e. The van der Waals surface area contributed by atoms with Crippen molar-refractivity contribution in [2.45, 2.75) is 46.0 Å². The molecule has 1 atom stereocenters. The molecule has 1 aliphatic rings. The van der Waals surface area contributed by atoms with Crippen molar-refractivity contribution < 1.29 is 8.42 Å². The van der Waals surface area contributed by atoms with Gasteiger partial charge in [0.05, 0.1) is 11.5 Å². The van der Waals surface area contributed by atoms with Gasteiger partial charge in [-0.1, -0.05) is 20.8 Å². The molecular formula is C15H25N3O2S. The monoisotopic (exact) mass is 311 g/mol. The van der Waals surface area contributed by atoms with Crippen molar-refractivity contribution in [2.24, 2.45) is 5.92 Å². The van der Waals surface area contributed by atoms with E-state index >= 15 is 0 Å². The Hall–Kier alpha value is -1.17. The molecule has 21 heavy (non-hydrogen) atoms. The van der Waals surface area contributed by atoms with Gasteiger partial charge in [-0.05, 0) is 25.2 Å². The molecule has 1 unspecified atom stereocenters. The van der Waals surface area contributed by atoms with Gasteiger partial charge >= 0.3 is 0 Å². The molecule has 0 aliphatic carbocycles. The first kappa shape index (κ1) is 16.2. The molecule has 0 radical (unpaired) electrons.